The summed E-state index contributed by atoms with van der Waals surface area (Å²) in [5, 5.41) is 0. The van der Waals surface area contributed by atoms with Crippen molar-refractivity contribution in [3.8, 4) is 5.75 Å². The molecule has 1 aromatic rings. The Labute approximate surface area is 91.4 Å². The van der Waals surface area contributed by atoms with E-state index in [-0.39, 0.29) is 5.75 Å². The highest BCUT2D eigenvalue weighted by molar-refractivity contribution is 5.81. The zero-order valence-electron chi connectivity index (χ0n) is 8.88. The van der Waals surface area contributed by atoms with E-state index in [1.165, 1.54) is 17.6 Å². The van der Waals surface area contributed by atoms with Gasteiger partial charge >= 0.3 is 12.0 Å². The highest BCUT2D eigenvalue weighted by atomic mass is 19.3. The first-order valence-corrected chi connectivity index (χ1v) is 4.51. The van der Waals surface area contributed by atoms with Crippen molar-refractivity contribution in [2.75, 3.05) is 0 Å². The summed E-state index contributed by atoms with van der Waals surface area (Å²) in [6.07, 6.45) is -3.98. The number of benzene rings is 1. The van der Waals surface area contributed by atoms with E-state index in [1.54, 1.807) is 19.9 Å². The van der Waals surface area contributed by atoms with Crippen molar-refractivity contribution < 1.29 is 18.3 Å². The maximum atomic E-state index is 13.1. The lowest BCUT2D eigenvalue weighted by Crippen LogP contribution is -2.47. The van der Waals surface area contributed by atoms with Gasteiger partial charge in [0.05, 0.1) is 0 Å². The lowest BCUT2D eigenvalue weighted by Gasteiger charge is -2.16. The second-order valence-corrected chi connectivity index (χ2v) is 3.42. The number of amides is 1. The standard InChI is InChI=1S/C10H12F2N2O2/c1-6-3-7(2)5-8(4-6)16-10(11,12)9(15)14-13/h3-5H,13H2,1-2H3,(H,14,15). The molecule has 4 nitrogen and oxygen atoms in total. The van der Waals surface area contributed by atoms with Crippen LogP contribution in [0.15, 0.2) is 18.2 Å². The molecule has 0 fully saturated rings. The normalized spacial score (nSPS) is 11.1. The highest BCUT2D eigenvalue weighted by Crippen LogP contribution is 2.23. The Kier molecular flexibility index (Phi) is 3.44. The molecule has 0 aliphatic heterocycles. The summed E-state index contributed by atoms with van der Waals surface area (Å²) in [7, 11) is 0. The fourth-order valence-electron chi connectivity index (χ4n) is 1.27. The number of alkyl halides is 2. The maximum Gasteiger partial charge on any atom is 0.483 e. The molecule has 0 aromatic heterocycles. The van der Waals surface area contributed by atoms with Gasteiger partial charge in [0.2, 0.25) is 0 Å². The van der Waals surface area contributed by atoms with Gasteiger partial charge in [0, 0.05) is 0 Å². The monoisotopic (exact) mass is 230 g/mol. The third-order valence-electron chi connectivity index (χ3n) is 1.84. The van der Waals surface area contributed by atoms with Crippen molar-refractivity contribution in [1.82, 2.24) is 5.43 Å². The van der Waals surface area contributed by atoms with Crippen LogP contribution in [0.1, 0.15) is 11.1 Å². The molecule has 88 valence electrons. The van der Waals surface area contributed by atoms with Crippen molar-refractivity contribution in [2.45, 2.75) is 20.0 Å². The van der Waals surface area contributed by atoms with Crippen LogP contribution in [-0.4, -0.2) is 12.0 Å². The minimum absolute atomic E-state index is 0.0777. The van der Waals surface area contributed by atoms with Crippen LogP contribution in [-0.2, 0) is 4.79 Å². The Morgan fingerprint density at radius 3 is 2.25 bits per heavy atom. The predicted octanol–water partition coefficient (Wildman–Crippen LogP) is 1.26. The van der Waals surface area contributed by atoms with E-state index in [1.807, 2.05) is 0 Å². The van der Waals surface area contributed by atoms with E-state index in [0.717, 1.165) is 11.1 Å². The maximum absolute atomic E-state index is 13.1. The molecule has 0 saturated heterocycles. The number of hydrogen-bond acceptors (Lipinski definition) is 3. The summed E-state index contributed by atoms with van der Waals surface area (Å²) in [5.74, 6) is 2.85. The molecule has 0 heterocycles. The minimum atomic E-state index is -3.98. The van der Waals surface area contributed by atoms with Gasteiger partial charge in [-0.2, -0.15) is 8.78 Å². The smallest absolute Gasteiger partial charge is 0.425 e. The second-order valence-electron chi connectivity index (χ2n) is 3.42. The van der Waals surface area contributed by atoms with Gasteiger partial charge in [-0.3, -0.25) is 10.2 Å². The molecule has 0 unspecified atom stereocenters. The summed E-state index contributed by atoms with van der Waals surface area (Å²) >= 11 is 0. The van der Waals surface area contributed by atoms with Crippen LogP contribution in [0.25, 0.3) is 0 Å². The predicted molar refractivity (Wildman–Crippen MR) is 53.8 cm³/mol. The van der Waals surface area contributed by atoms with Crippen LogP contribution in [0.5, 0.6) is 5.75 Å². The first-order chi connectivity index (χ1) is 7.35. The number of hydrogen-bond donors (Lipinski definition) is 2. The van der Waals surface area contributed by atoms with Gasteiger partial charge in [0.15, 0.2) is 0 Å². The van der Waals surface area contributed by atoms with E-state index >= 15 is 0 Å². The molecule has 1 amide bonds. The molecular formula is C10H12F2N2O2. The number of nitrogens with one attached hydrogen (secondary N) is 1. The van der Waals surface area contributed by atoms with Gasteiger partial charge in [0.25, 0.3) is 0 Å². The summed E-state index contributed by atoms with van der Waals surface area (Å²) < 4.78 is 30.4. The number of carbonyl (C=O) groups is 1. The van der Waals surface area contributed by atoms with Crippen molar-refractivity contribution >= 4 is 5.91 Å². The molecule has 1 rings (SSSR count). The van der Waals surface area contributed by atoms with Crippen LogP contribution in [0.3, 0.4) is 0 Å². The minimum Gasteiger partial charge on any atom is -0.425 e. The average Bonchev–Trinajstić information content (AvgIpc) is 2.13. The fraction of sp³-hybridized carbons (Fsp3) is 0.300. The Hall–Kier alpha value is -1.69. The first-order valence-electron chi connectivity index (χ1n) is 4.51. The number of aryl methyl sites for hydroxylation is 2. The molecule has 0 atom stereocenters. The Morgan fingerprint density at radius 1 is 1.31 bits per heavy atom. The molecule has 0 bridgehead atoms. The number of hydrazine groups is 1. The molecule has 3 N–H and O–H groups in total. The summed E-state index contributed by atoms with van der Waals surface area (Å²) in [6, 6.07) is 4.61. The third-order valence-corrected chi connectivity index (χ3v) is 1.84. The number of ether oxygens (including phenoxy) is 1. The second kappa shape index (κ2) is 4.44. The molecule has 6 heteroatoms. The van der Waals surface area contributed by atoms with Crippen molar-refractivity contribution in [3.05, 3.63) is 29.3 Å². The van der Waals surface area contributed by atoms with E-state index in [4.69, 9.17) is 0 Å². The van der Waals surface area contributed by atoms with Gasteiger partial charge in [-0.05, 0) is 37.1 Å². The number of nitrogens with two attached hydrogens (primary N) is 1. The largest absolute Gasteiger partial charge is 0.483 e. The van der Waals surface area contributed by atoms with E-state index in [2.05, 4.69) is 10.6 Å². The topological polar surface area (TPSA) is 64.3 Å². The van der Waals surface area contributed by atoms with Crippen LogP contribution < -0.4 is 16.0 Å². The Bertz CT molecular complexity index is 388. The van der Waals surface area contributed by atoms with E-state index in [9.17, 15) is 13.6 Å². The lowest BCUT2D eigenvalue weighted by molar-refractivity contribution is -0.192. The van der Waals surface area contributed by atoms with Crippen molar-refractivity contribution in [3.63, 3.8) is 0 Å². The molecule has 0 aliphatic rings. The van der Waals surface area contributed by atoms with Crippen LogP contribution >= 0.6 is 0 Å². The average molecular weight is 230 g/mol. The number of rotatable bonds is 3. The van der Waals surface area contributed by atoms with E-state index in [0.29, 0.717) is 0 Å². The third kappa shape index (κ3) is 2.90. The molecule has 0 spiro atoms. The fourth-order valence-corrected chi connectivity index (χ4v) is 1.27. The number of halogens is 2. The molecule has 0 radical (unpaired) electrons. The molecule has 0 aliphatic carbocycles. The quantitative estimate of drug-likeness (QED) is 0.467. The molecular weight excluding hydrogens is 218 g/mol. The van der Waals surface area contributed by atoms with Gasteiger partial charge in [-0.15, -0.1) is 0 Å². The molecule has 16 heavy (non-hydrogen) atoms. The first kappa shape index (κ1) is 12.4. The van der Waals surface area contributed by atoms with Gasteiger partial charge in [-0.25, -0.2) is 5.84 Å². The van der Waals surface area contributed by atoms with Gasteiger partial charge < -0.3 is 4.74 Å². The highest BCUT2D eigenvalue weighted by Gasteiger charge is 2.41. The zero-order valence-corrected chi connectivity index (χ0v) is 8.88. The summed E-state index contributed by atoms with van der Waals surface area (Å²) in [4.78, 5) is 10.7. The van der Waals surface area contributed by atoms with Crippen LogP contribution in [0.4, 0.5) is 8.78 Å². The van der Waals surface area contributed by atoms with Gasteiger partial charge in [-0.1, -0.05) is 6.07 Å². The summed E-state index contributed by atoms with van der Waals surface area (Å²) in [6.45, 7) is 3.47. The van der Waals surface area contributed by atoms with Crippen LogP contribution in [0.2, 0.25) is 0 Å². The Balaban J connectivity index is 2.91. The van der Waals surface area contributed by atoms with Crippen molar-refractivity contribution in [1.29, 1.82) is 0 Å². The molecule has 0 saturated carbocycles. The summed E-state index contributed by atoms with van der Waals surface area (Å²) in [5.41, 5.74) is 2.87. The molecule has 1 aromatic carbocycles. The SMILES string of the molecule is Cc1cc(C)cc(OC(F)(F)C(=O)NN)c1. The van der Waals surface area contributed by atoms with Crippen molar-refractivity contribution in [2.24, 2.45) is 5.84 Å². The lowest BCUT2D eigenvalue weighted by atomic mass is 10.1. The van der Waals surface area contributed by atoms with E-state index < -0.39 is 12.0 Å². The van der Waals surface area contributed by atoms with Crippen LogP contribution in [0, 0.1) is 13.8 Å². The Morgan fingerprint density at radius 2 is 1.81 bits per heavy atom. The van der Waals surface area contributed by atoms with Gasteiger partial charge in [0.1, 0.15) is 5.75 Å². The zero-order chi connectivity index (χ0) is 12.3. The number of carbonyl (C=O) groups excluding carboxylic acids is 1.